The molecule has 0 aromatic heterocycles. The number of benzene rings is 1. The van der Waals surface area contributed by atoms with Gasteiger partial charge in [0.2, 0.25) is 5.91 Å². The molecule has 1 fully saturated rings. The number of ether oxygens (including phenoxy) is 1. The van der Waals surface area contributed by atoms with E-state index in [2.05, 4.69) is 0 Å². The van der Waals surface area contributed by atoms with E-state index in [9.17, 15) is 22.8 Å². The van der Waals surface area contributed by atoms with Gasteiger partial charge in [0.1, 0.15) is 12.6 Å². The molecular formula is C19H25F3N2O3. The number of alkyl halides is 3. The smallest absolute Gasteiger partial charge is 0.393 e. The first-order chi connectivity index (χ1) is 12.4. The Balaban J connectivity index is 2.16. The van der Waals surface area contributed by atoms with E-state index >= 15 is 0 Å². The summed E-state index contributed by atoms with van der Waals surface area (Å²) in [7, 11) is 0. The molecule has 1 aromatic carbocycles. The van der Waals surface area contributed by atoms with Crippen LogP contribution in [0.3, 0.4) is 0 Å². The first-order valence-electron chi connectivity index (χ1n) is 8.74. The Morgan fingerprint density at radius 3 is 2.33 bits per heavy atom. The van der Waals surface area contributed by atoms with Crippen molar-refractivity contribution in [2.24, 2.45) is 17.1 Å². The maximum Gasteiger partial charge on any atom is 0.393 e. The number of hydrogen-bond acceptors (Lipinski definition) is 4. The summed E-state index contributed by atoms with van der Waals surface area (Å²) in [5, 5.41) is 0. The Kier molecular flexibility index (Phi) is 6.19. The van der Waals surface area contributed by atoms with Gasteiger partial charge < -0.3 is 15.4 Å². The van der Waals surface area contributed by atoms with Crippen LogP contribution in [0.15, 0.2) is 30.3 Å². The van der Waals surface area contributed by atoms with Crippen molar-refractivity contribution in [2.45, 2.75) is 52.1 Å². The van der Waals surface area contributed by atoms with E-state index in [4.69, 9.17) is 10.5 Å². The second-order valence-electron chi connectivity index (χ2n) is 7.92. The molecule has 1 aliphatic heterocycles. The molecular weight excluding hydrogens is 361 g/mol. The van der Waals surface area contributed by atoms with Crippen LogP contribution in [-0.4, -0.2) is 41.6 Å². The van der Waals surface area contributed by atoms with E-state index in [1.807, 2.05) is 0 Å². The van der Waals surface area contributed by atoms with E-state index in [0.29, 0.717) is 5.56 Å². The van der Waals surface area contributed by atoms with Crippen LogP contribution in [0.2, 0.25) is 0 Å². The molecule has 5 nitrogen and oxygen atoms in total. The van der Waals surface area contributed by atoms with Gasteiger partial charge in [0.25, 0.3) is 0 Å². The fraction of sp³-hybridized carbons (Fsp3) is 0.579. The fourth-order valence-corrected chi connectivity index (χ4v) is 2.91. The Morgan fingerprint density at radius 1 is 1.22 bits per heavy atom. The van der Waals surface area contributed by atoms with Crippen LogP contribution in [0, 0.1) is 11.3 Å². The summed E-state index contributed by atoms with van der Waals surface area (Å²) in [4.78, 5) is 26.1. The highest BCUT2D eigenvalue weighted by Gasteiger charge is 2.52. The molecule has 1 aliphatic rings. The van der Waals surface area contributed by atoms with Crippen molar-refractivity contribution in [3.63, 3.8) is 0 Å². The number of rotatable bonds is 4. The highest BCUT2D eigenvalue weighted by molar-refractivity contribution is 5.88. The second-order valence-corrected chi connectivity index (χ2v) is 7.92. The molecule has 0 unspecified atom stereocenters. The van der Waals surface area contributed by atoms with Crippen molar-refractivity contribution < 1.29 is 27.5 Å². The molecule has 8 heteroatoms. The molecule has 2 N–H and O–H groups in total. The van der Waals surface area contributed by atoms with Crippen LogP contribution in [0.25, 0.3) is 0 Å². The van der Waals surface area contributed by atoms with Gasteiger partial charge in [0.05, 0.1) is 12.0 Å². The SMILES string of the molecule is CC(C)(C)[C@H](N)C(=O)N1C[C@H](C(F)(F)F)C[C@H]1C(=O)OCc1ccccc1. The van der Waals surface area contributed by atoms with Crippen molar-refractivity contribution in [3.8, 4) is 0 Å². The van der Waals surface area contributed by atoms with Crippen molar-refractivity contribution in [3.05, 3.63) is 35.9 Å². The number of likely N-dealkylation sites (tertiary alicyclic amines) is 1. The Labute approximate surface area is 156 Å². The van der Waals surface area contributed by atoms with Crippen LogP contribution in [0.4, 0.5) is 13.2 Å². The van der Waals surface area contributed by atoms with Gasteiger partial charge in [-0.3, -0.25) is 4.79 Å². The number of carbonyl (C=O) groups is 2. The Morgan fingerprint density at radius 2 is 1.81 bits per heavy atom. The molecule has 0 radical (unpaired) electrons. The first-order valence-corrected chi connectivity index (χ1v) is 8.74. The molecule has 150 valence electrons. The van der Waals surface area contributed by atoms with Crippen LogP contribution < -0.4 is 5.73 Å². The zero-order valence-electron chi connectivity index (χ0n) is 15.6. The molecule has 0 spiro atoms. The molecule has 1 aromatic rings. The van der Waals surface area contributed by atoms with Crippen LogP contribution in [-0.2, 0) is 20.9 Å². The number of amides is 1. The van der Waals surface area contributed by atoms with Crippen molar-refractivity contribution in [2.75, 3.05) is 6.54 Å². The predicted molar refractivity (Wildman–Crippen MR) is 93.3 cm³/mol. The molecule has 0 aliphatic carbocycles. The third-order valence-electron chi connectivity index (χ3n) is 4.74. The average Bonchev–Trinajstić information content (AvgIpc) is 3.04. The van der Waals surface area contributed by atoms with Gasteiger partial charge in [-0.1, -0.05) is 51.1 Å². The third-order valence-corrected chi connectivity index (χ3v) is 4.74. The lowest BCUT2D eigenvalue weighted by molar-refractivity contribution is -0.171. The van der Waals surface area contributed by atoms with Gasteiger partial charge in [-0.25, -0.2) is 4.79 Å². The minimum Gasteiger partial charge on any atom is -0.459 e. The van der Waals surface area contributed by atoms with E-state index in [1.54, 1.807) is 51.1 Å². The van der Waals surface area contributed by atoms with Gasteiger partial charge in [0, 0.05) is 6.54 Å². The third kappa shape index (κ3) is 5.22. The lowest BCUT2D eigenvalue weighted by atomic mass is 9.86. The lowest BCUT2D eigenvalue weighted by Crippen LogP contribution is -2.53. The maximum absolute atomic E-state index is 13.2. The van der Waals surface area contributed by atoms with Gasteiger partial charge in [0.15, 0.2) is 0 Å². The Hall–Kier alpha value is -2.09. The van der Waals surface area contributed by atoms with Crippen LogP contribution in [0.1, 0.15) is 32.8 Å². The summed E-state index contributed by atoms with van der Waals surface area (Å²) in [6.45, 7) is 4.50. The van der Waals surface area contributed by atoms with E-state index in [-0.39, 0.29) is 6.61 Å². The average molecular weight is 386 g/mol. The highest BCUT2D eigenvalue weighted by atomic mass is 19.4. The molecule has 0 bridgehead atoms. The predicted octanol–water partition coefficient (Wildman–Crippen LogP) is 2.88. The van der Waals surface area contributed by atoms with Gasteiger partial charge in [-0.2, -0.15) is 13.2 Å². The number of nitrogens with two attached hydrogens (primary N) is 1. The quantitative estimate of drug-likeness (QED) is 0.808. The van der Waals surface area contributed by atoms with Crippen molar-refractivity contribution in [1.29, 1.82) is 0 Å². The van der Waals surface area contributed by atoms with Crippen LogP contribution >= 0.6 is 0 Å². The summed E-state index contributed by atoms with van der Waals surface area (Å²) in [5.41, 5.74) is 5.99. The van der Waals surface area contributed by atoms with Gasteiger partial charge in [-0.15, -0.1) is 0 Å². The minimum absolute atomic E-state index is 0.0692. The molecule has 27 heavy (non-hydrogen) atoms. The van der Waals surface area contributed by atoms with Crippen molar-refractivity contribution >= 4 is 11.9 Å². The molecule has 2 rings (SSSR count). The summed E-state index contributed by atoms with van der Waals surface area (Å²) in [6.07, 6.45) is -5.02. The molecule has 1 saturated heterocycles. The maximum atomic E-state index is 13.2. The normalized spacial score (nSPS) is 21.8. The van der Waals surface area contributed by atoms with E-state index < -0.39 is 54.4 Å². The zero-order valence-corrected chi connectivity index (χ0v) is 15.6. The van der Waals surface area contributed by atoms with Crippen LogP contribution in [0.5, 0.6) is 0 Å². The molecule has 1 heterocycles. The summed E-state index contributed by atoms with van der Waals surface area (Å²) in [6, 6.07) is 6.48. The van der Waals surface area contributed by atoms with Gasteiger partial charge >= 0.3 is 12.1 Å². The van der Waals surface area contributed by atoms with Crippen molar-refractivity contribution in [1.82, 2.24) is 4.90 Å². The summed E-state index contributed by atoms with van der Waals surface area (Å²) >= 11 is 0. The fourth-order valence-electron chi connectivity index (χ4n) is 2.91. The molecule has 3 atom stereocenters. The number of nitrogens with zero attached hydrogens (tertiary/aromatic N) is 1. The largest absolute Gasteiger partial charge is 0.459 e. The number of esters is 1. The topological polar surface area (TPSA) is 72.6 Å². The minimum atomic E-state index is -4.50. The zero-order chi connectivity index (χ0) is 20.4. The molecule has 1 amide bonds. The summed E-state index contributed by atoms with van der Waals surface area (Å²) in [5.74, 6) is -3.29. The molecule has 0 saturated carbocycles. The van der Waals surface area contributed by atoms with Gasteiger partial charge in [-0.05, 0) is 17.4 Å². The number of halogens is 3. The highest BCUT2D eigenvalue weighted by Crippen LogP contribution is 2.38. The summed E-state index contributed by atoms with van der Waals surface area (Å²) < 4.78 is 44.8. The van der Waals surface area contributed by atoms with E-state index in [1.165, 1.54) is 0 Å². The number of hydrogen-bond donors (Lipinski definition) is 1. The lowest BCUT2D eigenvalue weighted by Gasteiger charge is -2.32. The number of carbonyl (C=O) groups excluding carboxylic acids is 2. The van der Waals surface area contributed by atoms with E-state index in [0.717, 1.165) is 4.90 Å². The second kappa shape index (κ2) is 7.88. The monoisotopic (exact) mass is 386 g/mol. The first kappa shape index (κ1) is 21.2. The standard InChI is InChI=1S/C19H25F3N2O3/c1-18(2,3)15(23)16(25)24-10-13(19(20,21)22)9-14(24)17(26)27-11-12-7-5-4-6-8-12/h4-8,13-15H,9-11,23H2,1-3H3/t13-,14+,15-/m1/s1. The Bertz CT molecular complexity index is 671.